The van der Waals surface area contributed by atoms with Gasteiger partial charge >= 0.3 is 0 Å². The Hall–Kier alpha value is -2.81. The number of anilines is 3. The lowest BCUT2D eigenvalue weighted by Gasteiger charge is -2.34. The topological polar surface area (TPSA) is 19.4 Å². The number of benzene rings is 2. The van der Waals surface area contributed by atoms with Crippen LogP contribution in [0.5, 0.6) is 0 Å². The molecule has 0 unspecified atom stereocenters. The Bertz CT molecular complexity index is 1070. The van der Waals surface area contributed by atoms with E-state index in [9.17, 15) is 0 Å². The summed E-state index contributed by atoms with van der Waals surface area (Å²) in [7, 11) is 2.19. The van der Waals surface area contributed by atoms with Gasteiger partial charge in [-0.15, -0.1) is 0 Å². The molecule has 0 fully saturated rings. The first kappa shape index (κ1) is 16.4. The van der Waals surface area contributed by atoms with Crippen LogP contribution in [0.3, 0.4) is 0 Å². The Morgan fingerprint density at radius 1 is 0.963 bits per heavy atom. The van der Waals surface area contributed by atoms with Gasteiger partial charge in [0, 0.05) is 24.9 Å². The largest absolute Gasteiger partial charge is 0.353 e. The van der Waals surface area contributed by atoms with Crippen molar-refractivity contribution in [2.45, 2.75) is 39.3 Å². The first-order valence-corrected chi connectivity index (χ1v) is 9.63. The van der Waals surface area contributed by atoms with Crippen molar-refractivity contribution >= 4 is 17.1 Å². The maximum absolute atomic E-state index is 4.43. The van der Waals surface area contributed by atoms with Crippen LogP contribution < -0.4 is 9.80 Å². The summed E-state index contributed by atoms with van der Waals surface area (Å²) in [6.07, 6.45) is 4.22. The van der Waals surface area contributed by atoms with Crippen molar-refractivity contribution in [2.75, 3.05) is 16.8 Å². The molecule has 0 N–H and O–H groups in total. The van der Waals surface area contributed by atoms with E-state index in [1.807, 2.05) is 12.4 Å². The van der Waals surface area contributed by atoms with Gasteiger partial charge in [-0.25, -0.2) is 0 Å². The van der Waals surface area contributed by atoms with E-state index in [1.165, 1.54) is 44.9 Å². The molecule has 0 saturated carbocycles. The molecule has 1 aromatic heterocycles. The summed E-state index contributed by atoms with van der Waals surface area (Å²) in [5.41, 5.74) is 10.6. The number of aryl methyl sites for hydroxylation is 1. The molecule has 27 heavy (non-hydrogen) atoms. The highest BCUT2D eigenvalue weighted by Crippen LogP contribution is 2.55. The van der Waals surface area contributed by atoms with E-state index in [0.717, 1.165) is 0 Å². The van der Waals surface area contributed by atoms with E-state index < -0.39 is 0 Å². The lowest BCUT2D eigenvalue weighted by molar-refractivity contribution is 0.648. The predicted molar refractivity (Wildman–Crippen MR) is 113 cm³/mol. The van der Waals surface area contributed by atoms with E-state index in [-0.39, 0.29) is 11.6 Å². The van der Waals surface area contributed by atoms with E-state index in [1.54, 1.807) is 0 Å². The molecule has 2 aliphatic rings. The van der Waals surface area contributed by atoms with Gasteiger partial charge in [0.05, 0.1) is 17.1 Å². The van der Waals surface area contributed by atoms with Crippen LogP contribution >= 0.6 is 0 Å². The van der Waals surface area contributed by atoms with Gasteiger partial charge in [-0.05, 0) is 59.9 Å². The monoisotopic (exact) mass is 355 g/mol. The highest BCUT2D eigenvalue weighted by atomic mass is 15.4. The summed E-state index contributed by atoms with van der Waals surface area (Å²) in [6, 6.07) is 15.4. The molecule has 3 aromatic rings. The molecule has 0 bridgehead atoms. The van der Waals surface area contributed by atoms with Gasteiger partial charge in [0.1, 0.15) is 6.17 Å². The molecule has 0 saturated heterocycles. The molecule has 2 heterocycles. The smallest absolute Gasteiger partial charge is 0.103 e. The molecule has 136 valence electrons. The number of aromatic nitrogens is 1. The zero-order chi connectivity index (χ0) is 18.9. The number of pyridine rings is 1. The van der Waals surface area contributed by atoms with Gasteiger partial charge in [-0.1, -0.05) is 38.1 Å². The van der Waals surface area contributed by atoms with Crippen molar-refractivity contribution in [3.05, 3.63) is 71.5 Å². The van der Waals surface area contributed by atoms with Gasteiger partial charge < -0.3 is 9.80 Å². The van der Waals surface area contributed by atoms with Crippen LogP contribution in [0.4, 0.5) is 17.1 Å². The zero-order valence-corrected chi connectivity index (χ0v) is 16.6. The van der Waals surface area contributed by atoms with Crippen LogP contribution in [-0.2, 0) is 5.41 Å². The Morgan fingerprint density at radius 3 is 2.48 bits per heavy atom. The van der Waals surface area contributed by atoms with Crippen LogP contribution in [-0.4, -0.2) is 18.2 Å². The van der Waals surface area contributed by atoms with Crippen molar-refractivity contribution in [3.63, 3.8) is 0 Å². The maximum Gasteiger partial charge on any atom is 0.103 e. The van der Waals surface area contributed by atoms with E-state index >= 15 is 0 Å². The van der Waals surface area contributed by atoms with Crippen LogP contribution in [0.25, 0.3) is 11.1 Å². The molecule has 1 atom stereocenters. The number of para-hydroxylation sites is 2. The van der Waals surface area contributed by atoms with Crippen molar-refractivity contribution in [1.82, 2.24) is 4.98 Å². The van der Waals surface area contributed by atoms with Crippen molar-refractivity contribution in [2.24, 2.45) is 0 Å². The molecular formula is C24H25N3. The van der Waals surface area contributed by atoms with E-state index in [4.69, 9.17) is 0 Å². The van der Waals surface area contributed by atoms with Gasteiger partial charge in [0.2, 0.25) is 0 Å². The van der Waals surface area contributed by atoms with Crippen LogP contribution in [0.2, 0.25) is 0 Å². The zero-order valence-electron chi connectivity index (χ0n) is 16.6. The fourth-order valence-corrected chi connectivity index (χ4v) is 4.97. The predicted octanol–water partition coefficient (Wildman–Crippen LogP) is 5.63. The Labute approximate surface area is 161 Å². The molecule has 0 radical (unpaired) electrons. The highest BCUT2D eigenvalue weighted by Gasteiger charge is 2.42. The minimum atomic E-state index is -0.0733. The third-order valence-electron chi connectivity index (χ3n) is 6.49. The fourth-order valence-electron chi connectivity index (χ4n) is 4.97. The van der Waals surface area contributed by atoms with Gasteiger partial charge in [0.25, 0.3) is 0 Å². The van der Waals surface area contributed by atoms with Crippen molar-refractivity contribution in [3.8, 4) is 11.1 Å². The second-order valence-corrected chi connectivity index (χ2v) is 8.30. The summed E-state index contributed by atoms with van der Waals surface area (Å²) in [4.78, 5) is 9.31. The minimum absolute atomic E-state index is 0.0733. The first-order chi connectivity index (χ1) is 12.9. The highest BCUT2D eigenvalue weighted by molar-refractivity contribution is 5.92. The first-order valence-electron chi connectivity index (χ1n) is 9.63. The number of rotatable bonds is 1. The minimum Gasteiger partial charge on any atom is -0.353 e. The molecule has 0 spiro atoms. The molecule has 0 amide bonds. The second-order valence-electron chi connectivity index (χ2n) is 8.30. The molecule has 1 aliphatic heterocycles. The van der Waals surface area contributed by atoms with Gasteiger partial charge in [-0.2, -0.15) is 0 Å². The molecule has 1 aliphatic carbocycles. The van der Waals surface area contributed by atoms with Crippen LogP contribution in [0.15, 0.2) is 54.9 Å². The van der Waals surface area contributed by atoms with Crippen LogP contribution in [0, 0.1) is 6.92 Å². The summed E-state index contributed by atoms with van der Waals surface area (Å²) >= 11 is 0. The third-order valence-corrected chi connectivity index (χ3v) is 6.49. The van der Waals surface area contributed by atoms with E-state index in [2.05, 4.69) is 92.0 Å². The third kappa shape index (κ3) is 2.00. The number of fused-ring (bicyclic) bond motifs is 4. The van der Waals surface area contributed by atoms with E-state index in [0.29, 0.717) is 0 Å². The lowest BCUT2D eigenvalue weighted by Crippen LogP contribution is -2.37. The normalized spacial score (nSPS) is 19.1. The Morgan fingerprint density at radius 2 is 1.70 bits per heavy atom. The van der Waals surface area contributed by atoms with Gasteiger partial charge in [0.15, 0.2) is 0 Å². The molecule has 3 heteroatoms. The summed E-state index contributed by atoms with van der Waals surface area (Å²) in [6.45, 7) is 9.19. The second kappa shape index (κ2) is 5.35. The van der Waals surface area contributed by atoms with Crippen molar-refractivity contribution < 1.29 is 0 Å². The summed E-state index contributed by atoms with van der Waals surface area (Å²) in [5, 5.41) is 0. The average Bonchev–Trinajstić information content (AvgIpc) is 3.06. The molecule has 3 nitrogen and oxygen atoms in total. The lowest BCUT2D eigenvalue weighted by atomic mass is 9.81. The van der Waals surface area contributed by atoms with Crippen molar-refractivity contribution in [1.29, 1.82) is 0 Å². The van der Waals surface area contributed by atoms with Gasteiger partial charge in [-0.3, -0.25) is 4.98 Å². The number of hydrogen-bond donors (Lipinski definition) is 0. The Kier molecular flexibility index (Phi) is 3.24. The Balaban J connectivity index is 1.82. The maximum atomic E-state index is 4.43. The summed E-state index contributed by atoms with van der Waals surface area (Å²) < 4.78 is 0. The SMILES string of the molecule is Cc1ccc2c(c1N1c3ccccc3N(C)[C@@H]1C)C(C)(C)c1cnccc1-2. The molecule has 2 aromatic carbocycles. The number of hydrogen-bond acceptors (Lipinski definition) is 3. The summed E-state index contributed by atoms with van der Waals surface area (Å²) in [5.74, 6) is 0. The molecular weight excluding hydrogens is 330 g/mol. The fraction of sp³-hybridized carbons (Fsp3) is 0.292. The number of nitrogens with zero attached hydrogens (tertiary/aromatic N) is 3. The standard InChI is InChI=1S/C24H25N3/c1-15-10-11-18-17-12-13-25-14-19(17)24(3,4)22(18)23(15)27-16(2)26(5)20-8-6-7-9-21(20)27/h6-14,16H,1-5H3/t16-/m0/s1. The average molecular weight is 355 g/mol. The van der Waals surface area contributed by atoms with Crippen LogP contribution in [0.1, 0.15) is 37.5 Å². The molecule has 5 rings (SSSR count). The quantitative estimate of drug-likeness (QED) is 0.564.